The summed E-state index contributed by atoms with van der Waals surface area (Å²) in [6.07, 6.45) is 6.93. The molecule has 4 heteroatoms. The van der Waals surface area contributed by atoms with Gasteiger partial charge in [0.25, 0.3) is 0 Å². The maximum Gasteiger partial charge on any atom is 0.0212 e. The van der Waals surface area contributed by atoms with Crippen molar-refractivity contribution in [2.45, 2.75) is 38.1 Å². The van der Waals surface area contributed by atoms with Crippen molar-refractivity contribution in [3.8, 4) is 0 Å². The van der Waals surface area contributed by atoms with Gasteiger partial charge in [0.05, 0.1) is 0 Å². The fraction of sp³-hybridized carbons (Fsp3) is 1.00. The Labute approximate surface area is 81.3 Å². The van der Waals surface area contributed by atoms with E-state index in [9.17, 15) is 0 Å². The maximum atomic E-state index is 3.23. The van der Waals surface area contributed by atoms with Gasteiger partial charge < -0.3 is 0 Å². The summed E-state index contributed by atoms with van der Waals surface area (Å²) in [7, 11) is 1.94. The molecule has 70 valence electrons. The van der Waals surface area contributed by atoms with Gasteiger partial charge >= 0.3 is 0 Å². The summed E-state index contributed by atoms with van der Waals surface area (Å²) in [6.45, 7) is 0. The number of hydrogen-bond donors (Lipinski definition) is 2. The summed E-state index contributed by atoms with van der Waals surface area (Å²) < 4.78 is 0. The molecule has 0 amide bonds. The Kier molecular flexibility index (Phi) is 11.0. The van der Waals surface area contributed by atoms with Crippen LogP contribution in [0.3, 0.4) is 0 Å². The zero-order chi connectivity index (χ0) is 6.53. The number of hydrogen-bond acceptors (Lipinski definition) is 2. The van der Waals surface area contributed by atoms with E-state index in [1.807, 2.05) is 7.05 Å². The molecule has 1 aliphatic rings. The number of nitrogens with one attached hydrogen (secondary N) is 2. The standard InChI is InChI=1S/C7H16N2.2ClH/c1-8-9-7-5-3-2-4-6-7;;/h7-9H,2-6H2,1H3;2*1H. The van der Waals surface area contributed by atoms with Gasteiger partial charge in [-0.2, -0.15) is 0 Å². The molecule has 0 bridgehead atoms. The topological polar surface area (TPSA) is 24.1 Å². The first-order chi connectivity index (χ1) is 4.43. The van der Waals surface area contributed by atoms with E-state index in [0.29, 0.717) is 0 Å². The van der Waals surface area contributed by atoms with Gasteiger partial charge in [-0.15, -0.1) is 24.8 Å². The molecule has 2 nitrogen and oxygen atoms in total. The molecule has 0 aromatic rings. The molecule has 0 radical (unpaired) electrons. The van der Waals surface area contributed by atoms with Crippen LogP contribution in [0, 0.1) is 0 Å². The van der Waals surface area contributed by atoms with Crippen LogP contribution in [0.2, 0.25) is 0 Å². The van der Waals surface area contributed by atoms with Gasteiger partial charge in [-0.3, -0.25) is 10.9 Å². The first-order valence-corrected chi connectivity index (χ1v) is 3.86. The maximum absolute atomic E-state index is 3.23. The van der Waals surface area contributed by atoms with E-state index in [2.05, 4.69) is 10.9 Å². The van der Waals surface area contributed by atoms with Crippen LogP contribution in [-0.4, -0.2) is 13.1 Å². The molecule has 0 aromatic heterocycles. The molecule has 1 aliphatic carbocycles. The number of rotatable bonds is 2. The summed E-state index contributed by atoms with van der Waals surface area (Å²) >= 11 is 0. The molecule has 2 N–H and O–H groups in total. The molecule has 1 fully saturated rings. The Morgan fingerprint density at radius 3 is 2.00 bits per heavy atom. The van der Waals surface area contributed by atoms with Crippen LogP contribution >= 0.6 is 24.8 Å². The van der Waals surface area contributed by atoms with Gasteiger partial charge in [0, 0.05) is 6.04 Å². The van der Waals surface area contributed by atoms with Crippen molar-refractivity contribution < 1.29 is 0 Å². The van der Waals surface area contributed by atoms with Crippen LogP contribution in [0.25, 0.3) is 0 Å². The van der Waals surface area contributed by atoms with Crippen molar-refractivity contribution >= 4 is 24.8 Å². The van der Waals surface area contributed by atoms with Crippen LogP contribution < -0.4 is 10.9 Å². The van der Waals surface area contributed by atoms with E-state index in [-0.39, 0.29) is 24.8 Å². The van der Waals surface area contributed by atoms with Crippen molar-refractivity contribution in [1.82, 2.24) is 10.9 Å². The molecular weight excluding hydrogens is 183 g/mol. The van der Waals surface area contributed by atoms with Gasteiger partial charge in [-0.05, 0) is 19.9 Å². The second-order valence-electron chi connectivity index (χ2n) is 2.73. The molecule has 0 aromatic carbocycles. The highest BCUT2D eigenvalue weighted by Gasteiger charge is 2.10. The minimum Gasteiger partial charge on any atom is -0.261 e. The van der Waals surface area contributed by atoms with Gasteiger partial charge in [0.2, 0.25) is 0 Å². The highest BCUT2D eigenvalue weighted by molar-refractivity contribution is 5.85. The van der Waals surface area contributed by atoms with Gasteiger partial charge in [0.15, 0.2) is 0 Å². The average Bonchev–Trinajstić information content (AvgIpc) is 1.91. The van der Waals surface area contributed by atoms with Gasteiger partial charge in [0.1, 0.15) is 0 Å². The predicted octanol–water partition coefficient (Wildman–Crippen LogP) is 1.89. The van der Waals surface area contributed by atoms with E-state index in [4.69, 9.17) is 0 Å². The molecule has 1 saturated carbocycles. The lowest BCUT2D eigenvalue weighted by atomic mass is 9.96. The lowest BCUT2D eigenvalue weighted by Gasteiger charge is -2.21. The number of halogens is 2. The van der Waals surface area contributed by atoms with Crippen LogP contribution in [0.15, 0.2) is 0 Å². The van der Waals surface area contributed by atoms with Gasteiger partial charge in [-0.25, -0.2) is 0 Å². The Balaban J connectivity index is 0. The second-order valence-corrected chi connectivity index (χ2v) is 2.73. The predicted molar refractivity (Wildman–Crippen MR) is 53.6 cm³/mol. The number of hydrazine groups is 1. The Morgan fingerprint density at radius 2 is 1.55 bits per heavy atom. The molecule has 0 heterocycles. The lowest BCUT2D eigenvalue weighted by Crippen LogP contribution is -2.39. The summed E-state index contributed by atoms with van der Waals surface area (Å²) in [5, 5.41) is 0. The van der Waals surface area contributed by atoms with Gasteiger partial charge in [-0.1, -0.05) is 19.3 Å². The zero-order valence-corrected chi connectivity index (χ0v) is 8.56. The van der Waals surface area contributed by atoms with Crippen molar-refractivity contribution in [3.05, 3.63) is 0 Å². The molecule has 0 atom stereocenters. The lowest BCUT2D eigenvalue weighted by molar-refractivity contribution is 0.348. The minimum atomic E-state index is 0. The van der Waals surface area contributed by atoms with Crippen LogP contribution in [-0.2, 0) is 0 Å². The van der Waals surface area contributed by atoms with Crippen molar-refractivity contribution in [3.63, 3.8) is 0 Å². The Morgan fingerprint density at radius 1 is 1.00 bits per heavy atom. The third-order valence-corrected chi connectivity index (χ3v) is 1.95. The SMILES string of the molecule is CNNC1CCCCC1.Cl.Cl. The van der Waals surface area contributed by atoms with E-state index in [0.717, 1.165) is 6.04 Å². The Hall–Kier alpha value is 0.500. The van der Waals surface area contributed by atoms with E-state index in [1.165, 1.54) is 32.1 Å². The summed E-state index contributed by atoms with van der Waals surface area (Å²) in [5.74, 6) is 0. The normalized spacial score (nSPS) is 18.3. The minimum absolute atomic E-state index is 0. The molecule has 0 spiro atoms. The third kappa shape index (κ3) is 5.74. The average molecular weight is 201 g/mol. The molecular formula is C7H18Cl2N2. The fourth-order valence-electron chi connectivity index (χ4n) is 1.45. The van der Waals surface area contributed by atoms with Crippen LogP contribution in [0.4, 0.5) is 0 Å². The highest BCUT2D eigenvalue weighted by Crippen LogP contribution is 2.16. The molecule has 0 aliphatic heterocycles. The third-order valence-electron chi connectivity index (χ3n) is 1.95. The van der Waals surface area contributed by atoms with E-state index in [1.54, 1.807) is 0 Å². The second kappa shape index (κ2) is 8.60. The quantitative estimate of drug-likeness (QED) is 0.666. The summed E-state index contributed by atoms with van der Waals surface area (Å²) in [5.41, 5.74) is 6.22. The summed E-state index contributed by atoms with van der Waals surface area (Å²) in [4.78, 5) is 0. The van der Waals surface area contributed by atoms with E-state index >= 15 is 0 Å². The smallest absolute Gasteiger partial charge is 0.0212 e. The highest BCUT2D eigenvalue weighted by atomic mass is 35.5. The van der Waals surface area contributed by atoms with Crippen molar-refractivity contribution in [1.29, 1.82) is 0 Å². The summed E-state index contributed by atoms with van der Waals surface area (Å²) in [6, 6.07) is 0.740. The molecule has 0 unspecified atom stereocenters. The van der Waals surface area contributed by atoms with E-state index < -0.39 is 0 Å². The first-order valence-electron chi connectivity index (χ1n) is 3.86. The largest absolute Gasteiger partial charge is 0.261 e. The van der Waals surface area contributed by atoms with Crippen molar-refractivity contribution in [2.75, 3.05) is 7.05 Å². The Bertz CT molecular complexity index is 72.1. The molecule has 11 heavy (non-hydrogen) atoms. The molecule has 0 saturated heterocycles. The monoisotopic (exact) mass is 200 g/mol. The van der Waals surface area contributed by atoms with Crippen LogP contribution in [0.5, 0.6) is 0 Å². The van der Waals surface area contributed by atoms with Crippen molar-refractivity contribution in [2.24, 2.45) is 0 Å². The zero-order valence-electron chi connectivity index (χ0n) is 6.93. The fourth-order valence-corrected chi connectivity index (χ4v) is 1.45. The first kappa shape index (κ1) is 14.0. The molecule has 1 rings (SSSR count). The van der Waals surface area contributed by atoms with Crippen LogP contribution in [0.1, 0.15) is 32.1 Å².